The zero-order valence-corrected chi connectivity index (χ0v) is 8.75. The first kappa shape index (κ1) is 8.87. The summed E-state index contributed by atoms with van der Waals surface area (Å²) >= 11 is 8.33. The first-order chi connectivity index (χ1) is 6.27. The van der Waals surface area contributed by atoms with Crippen molar-refractivity contribution < 1.29 is 4.79 Å². The summed E-state index contributed by atoms with van der Waals surface area (Å²) in [5.74, 6) is -0.0654. The molecule has 0 bridgehead atoms. The largest absolute Gasteiger partial charge is 0.287 e. The van der Waals surface area contributed by atoms with Crippen molar-refractivity contribution in [1.82, 2.24) is 4.37 Å². The van der Waals surface area contributed by atoms with Crippen LogP contribution in [0.1, 0.15) is 16.1 Å². The number of rotatable bonds is 2. The number of hydrogen-bond donors (Lipinski definition) is 0. The predicted octanol–water partition coefficient (Wildman–Crippen LogP) is 3.09. The molecule has 66 valence electrons. The summed E-state index contributed by atoms with van der Waals surface area (Å²) in [6.45, 7) is 0. The van der Waals surface area contributed by atoms with Crippen molar-refractivity contribution >= 4 is 40.3 Å². The first-order valence-corrected chi connectivity index (χ1v) is 5.56. The fourth-order valence-electron chi connectivity index (χ4n) is 0.907. The van der Waals surface area contributed by atoms with Crippen LogP contribution >= 0.6 is 34.5 Å². The second-order valence-electron chi connectivity index (χ2n) is 2.35. The van der Waals surface area contributed by atoms with E-state index < -0.39 is 0 Å². The van der Waals surface area contributed by atoms with Gasteiger partial charge in [-0.15, -0.1) is 11.3 Å². The maximum absolute atomic E-state index is 11.6. The minimum absolute atomic E-state index is 0.0654. The van der Waals surface area contributed by atoms with Gasteiger partial charge >= 0.3 is 0 Å². The maximum atomic E-state index is 11.6. The summed E-state index contributed by atoms with van der Waals surface area (Å²) in [4.78, 5) is 11.6. The first-order valence-electron chi connectivity index (χ1n) is 3.46. The molecule has 2 heterocycles. The molecule has 0 aliphatic carbocycles. The zero-order valence-electron chi connectivity index (χ0n) is 6.36. The minimum Gasteiger partial charge on any atom is -0.287 e. The SMILES string of the molecule is O=C(c1csc(Cl)c1)c1ccsn1. The van der Waals surface area contributed by atoms with Crippen molar-refractivity contribution in [2.24, 2.45) is 0 Å². The molecule has 2 nitrogen and oxygen atoms in total. The number of aromatic nitrogens is 1. The molecule has 13 heavy (non-hydrogen) atoms. The zero-order chi connectivity index (χ0) is 9.26. The van der Waals surface area contributed by atoms with Gasteiger partial charge in [-0.05, 0) is 23.7 Å². The molecular weight excluding hydrogens is 226 g/mol. The Morgan fingerprint density at radius 3 is 2.92 bits per heavy atom. The Kier molecular flexibility index (Phi) is 2.44. The van der Waals surface area contributed by atoms with Gasteiger partial charge in [0, 0.05) is 16.3 Å². The van der Waals surface area contributed by atoms with Crippen molar-refractivity contribution in [1.29, 1.82) is 0 Å². The third-order valence-corrected chi connectivity index (χ3v) is 3.15. The molecule has 2 aromatic heterocycles. The lowest BCUT2D eigenvalue weighted by molar-refractivity contribution is 0.103. The predicted molar refractivity (Wildman–Crippen MR) is 54.9 cm³/mol. The molecule has 0 radical (unpaired) electrons. The number of nitrogens with zero attached hydrogens (tertiary/aromatic N) is 1. The van der Waals surface area contributed by atoms with Crippen molar-refractivity contribution in [2.45, 2.75) is 0 Å². The summed E-state index contributed by atoms with van der Waals surface area (Å²) in [6, 6.07) is 3.37. The van der Waals surface area contributed by atoms with Gasteiger partial charge in [0.2, 0.25) is 5.78 Å². The van der Waals surface area contributed by atoms with E-state index in [1.165, 1.54) is 22.9 Å². The molecule has 0 saturated heterocycles. The highest BCUT2D eigenvalue weighted by Gasteiger charge is 2.12. The number of thiophene rings is 1. The van der Waals surface area contributed by atoms with E-state index in [0.29, 0.717) is 15.6 Å². The highest BCUT2D eigenvalue weighted by Crippen LogP contribution is 2.21. The second kappa shape index (κ2) is 3.57. The van der Waals surface area contributed by atoms with Gasteiger partial charge in [-0.3, -0.25) is 4.79 Å². The van der Waals surface area contributed by atoms with Crippen LogP contribution in [0, 0.1) is 0 Å². The highest BCUT2D eigenvalue weighted by molar-refractivity contribution is 7.14. The van der Waals surface area contributed by atoms with Crippen LogP contribution < -0.4 is 0 Å². The monoisotopic (exact) mass is 229 g/mol. The average molecular weight is 230 g/mol. The van der Waals surface area contributed by atoms with Crippen LogP contribution in [0.3, 0.4) is 0 Å². The van der Waals surface area contributed by atoms with E-state index in [2.05, 4.69) is 4.37 Å². The van der Waals surface area contributed by atoms with Crippen LogP contribution in [0.2, 0.25) is 4.34 Å². The van der Waals surface area contributed by atoms with E-state index >= 15 is 0 Å². The maximum Gasteiger partial charge on any atom is 0.213 e. The molecule has 0 fully saturated rings. The van der Waals surface area contributed by atoms with Gasteiger partial charge in [-0.2, -0.15) is 4.37 Å². The van der Waals surface area contributed by atoms with Crippen LogP contribution in [0.25, 0.3) is 0 Å². The summed E-state index contributed by atoms with van der Waals surface area (Å²) in [5, 5.41) is 3.52. The van der Waals surface area contributed by atoms with Gasteiger partial charge < -0.3 is 0 Å². The standard InChI is InChI=1S/C8H4ClNOS2/c9-7-3-5(4-12-7)8(11)6-1-2-13-10-6/h1-4H. The Labute approximate surface area is 88.0 Å². The van der Waals surface area contributed by atoms with E-state index in [-0.39, 0.29) is 5.78 Å². The molecule has 0 amide bonds. The van der Waals surface area contributed by atoms with Gasteiger partial charge in [0.15, 0.2) is 0 Å². The molecule has 2 rings (SSSR count). The van der Waals surface area contributed by atoms with Gasteiger partial charge in [0.05, 0.1) is 4.34 Å². The molecule has 0 atom stereocenters. The smallest absolute Gasteiger partial charge is 0.213 e. The van der Waals surface area contributed by atoms with Crippen molar-refractivity contribution in [3.8, 4) is 0 Å². The normalized spacial score (nSPS) is 10.2. The Bertz CT molecular complexity index is 421. The van der Waals surface area contributed by atoms with Gasteiger partial charge in [0.25, 0.3) is 0 Å². The van der Waals surface area contributed by atoms with E-state index in [9.17, 15) is 4.79 Å². The molecule has 0 saturated carbocycles. The van der Waals surface area contributed by atoms with E-state index in [0.717, 1.165) is 0 Å². The van der Waals surface area contributed by atoms with Crippen LogP contribution in [-0.4, -0.2) is 10.2 Å². The lowest BCUT2D eigenvalue weighted by atomic mass is 10.2. The number of hydrogen-bond acceptors (Lipinski definition) is 4. The van der Waals surface area contributed by atoms with Crippen molar-refractivity contribution in [2.75, 3.05) is 0 Å². The molecule has 5 heteroatoms. The van der Waals surface area contributed by atoms with E-state index in [1.807, 2.05) is 0 Å². The van der Waals surface area contributed by atoms with Crippen LogP contribution in [-0.2, 0) is 0 Å². The summed E-state index contributed by atoms with van der Waals surface area (Å²) in [7, 11) is 0. The lowest BCUT2D eigenvalue weighted by Crippen LogP contribution is -1.98. The Morgan fingerprint density at radius 1 is 1.54 bits per heavy atom. The molecule has 0 unspecified atom stereocenters. The average Bonchev–Trinajstić information content (AvgIpc) is 2.72. The number of carbonyl (C=O) groups is 1. The van der Waals surface area contributed by atoms with Crippen LogP contribution in [0.5, 0.6) is 0 Å². The second-order valence-corrected chi connectivity index (χ2v) is 4.56. The molecule has 0 N–H and O–H groups in total. The van der Waals surface area contributed by atoms with E-state index in [4.69, 9.17) is 11.6 Å². The Morgan fingerprint density at radius 2 is 2.38 bits per heavy atom. The number of carbonyl (C=O) groups excluding carboxylic acids is 1. The van der Waals surface area contributed by atoms with Gasteiger partial charge in [0.1, 0.15) is 5.69 Å². The number of ketones is 1. The van der Waals surface area contributed by atoms with Crippen molar-refractivity contribution in [3.05, 3.63) is 38.5 Å². The molecule has 0 aliphatic rings. The van der Waals surface area contributed by atoms with Gasteiger partial charge in [-0.1, -0.05) is 11.6 Å². The minimum atomic E-state index is -0.0654. The van der Waals surface area contributed by atoms with Gasteiger partial charge in [-0.25, -0.2) is 0 Å². The molecule has 0 aliphatic heterocycles. The molecule has 0 spiro atoms. The van der Waals surface area contributed by atoms with Crippen LogP contribution in [0.4, 0.5) is 0 Å². The fourth-order valence-corrected chi connectivity index (χ4v) is 2.28. The fraction of sp³-hybridized carbons (Fsp3) is 0. The summed E-state index contributed by atoms with van der Waals surface area (Å²) < 4.78 is 4.58. The Balaban J connectivity index is 2.33. The third-order valence-electron chi connectivity index (χ3n) is 1.50. The molecule has 0 aromatic carbocycles. The summed E-state index contributed by atoms with van der Waals surface area (Å²) in [6.07, 6.45) is 0. The lowest BCUT2D eigenvalue weighted by Gasteiger charge is -1.89. The van der Waals surface area contributed by atoms with Crippen LogP contribution in [0.15, 0.2) is 22.9 Å². The topological polar surface area (TPSA) is 30.0 Å². The highest BCUT2D eigenvalue weighted by atomic mass is 35.5. The third kappa shape index (κ3) is 1.80. The quantitative estimate of drug-likeness (QED) is 0.741. The molecule has 2 aromatic rings. The summed E-state index contributed by atoms with van der Waals surface area (Å²) in [5.41, 5.74) is 1.10. The number of halogens is 1. The molecular formula is C8H4ClNOS2. The van der Waals surface area contributed by atoms with E-state index in [1.54, 1.807) is 22.9 Å². The van der Waals surface area contributed by atoms with Crippen molar-refractivity contribution in [3.63, 3.8) is 0 Å². The Hall–Kier alpha value is -0.710.